The van der Waals surface area contributed by atoms with Gasteiger partial charge in [-0.1, -0.05) is 0 Å². The van der Waals surface area contributed by atoms with Crippen LogP contribution in [0.15, 0.2) is 17.1 Å². The maximum Gasteiger partial charge on any atom is 0.202 e. The Labute approximate surface area is 117 Å². The molecule has 0 saturated heterocycles. The number of methoxy groups -OCH3 is 1. The van der Waals surface area contributed by atoms with Gasteiger partial charge in [-0.25, -0.2) is 4.39 Å². The summed E-state index contributed by atoms with van der Waals surface area (Å²) in [7, 11) is 1.49. The standard InChI is InChI=1S/C14H11F2NO4/c1-20-5-8-6-21-14-11(16)10(15)2-9-12(14)17(8)3-7(4-18)13(9)19/h2-4,8H,5-6H2,1H3. The normalized spacial score (nSPS) is 16.8. The Balaban J connectivity index is 2.45. The van der Waals surface area contributed by atoms with Crippen molar-refractivity contribution in [2.45, 2.75) is 6.04 Å². The molecule has 21 heavy (non-hydrogen) atoms. The molecule has 0 amide bonds. The third-order valence-electron chi connectivity index (χ3n) is 3.49. The average molecular weight is 295 g/mol. The Morgan fingerprint density at radius 3 is 2.95 bits per heavy atom. The minimum atomic E-state index is -1.19. The van der Waals surface area contributed by atoms with Gasteiger partial charge in [0.05, 0.1) is 29.1 Å². The molecule has 1 aliphatic rings. The van der Waals surface area contributed by atoms with E-state index < -0.39 is 17.1 Å². The van der Waals surface area contributed by atoms with Crippen LogP contribution < -0.4 is 10.2 Å². The molecule has 0 saturated carbocycles. The summed E-state index contributed by atoms with van der Waals surface area (Å²) in [5.74, 6) is -2.65. The van der Waals surface area contributed by atoms with Gasteiger partial charge in [-0.15, -0.1) is 0 Å². The van der Waals surface area contributed by atoms with Gasteiger partial charge in [0.1, 0.15) is 6.61 Å². The van der Waals surface area contributed by atoms with Crippen molar-refractivity contribution in [1.29, 1.82) is 0 Å². The fourth-order valence-corrected chi connectivity index (χ4v) is 2.54. The van der Waals surface area contributed by atoms with Gasteiger partial charge in [0.15, 0.2) is 23.3 Å². The second kappa shape index (κ2) is 4.92. The van der Waals surface area contributed by atoms with Crippen molar-refractivity contribution in [3.63, 3.8) is 0 Å². The largest absolute Gasteiger partial charge is 0.486 e. The predicted octanol–water partition coefficient (Wildman–Crippen LogP) is 1.67. The van der Waals surface area contributed by atoms with E-state index in [9.17, 15) is 18.4 Å². The maximum atomic E-state index is 13.9. The predicted molar refractivity (Wildman–Crippen MR) is 69.9 cm³/mol. The molecule has 0 aliphatic carbocycles. The van der Waals surface area contributed by atoms with E-state index in [4.69, 9.17) is 9.47 Å². The molecular formula is C14H11F2NO4. The quantitative estimate of drug-likeness (QED) is 0.808. The van der Waals surface area contributed by atoms with Crippen molar-refractivity contribution in [1.82, 2.24) is 4.57 Å². The number of ether oxygens (including phenoxy) is 2. The van der Waals surface area contributed by atoms with Gasteiger partial charge in [0.25, 0.3) is 0 Å². The molecule has 1 aromatic heterocycles. The summed E-state index contributed by atoms with van der Waals surface area (Å²) in [5.41, 5.74) is -0.640. The molecule has 1 atom stereocenters. The smallest absolute Gasteiger partial charge is 0.202 e. The molecule has 0 fully saturated rings. The maximum absolute atomic E-state index is 13.9. The molecule has 3 rings (SSSR count). The van der Waals surface area contributed by atoms with Crippen molar-refractivity contribution in [2.24, 2.45) is 0 Å². The van der Waals surface area contributed by atoms with Crippen LogP contribution in [0.2, 0.25) is 0 Å². The lowest BCUT2D eigenvalue weighted by molar-refractivity contribution is 0.110. The van der Waals surface area contributed by atoms with Gasteiger partial charge in [-0.2, -0.15) is 4.39 Å². The van der Waals surface area contributed by atoms with Gasteiger partial charge in [-0.05, 0) is 6.07 Å². The van der Waals surface area contributed by atoms with E-state index in [2.05, 4.69) is 0 Å². The first kappa shape index (κ1) is 13.7. The van der Waals surface area contributed by atoms with Crippen molar-refractivity contribution in [3.05, 3.63) is 39.7 Å². The molecule has 2 heterocycles. The first-order chi connectivity index (χ1) is 10.1. The zero-order chi connectivity index (χ0) is 15.1. The Hall–Kier alpha value is -2.28. The Morgan fingerprint density at radius 1 is 1.52 bits per heavy atom. The van der Waals surface area contributed by atoms with E-state index in [-0.39, 0.29) is 41.5 Å². The van der Waals surface area contributed by atoms with Crippen LogP contribution >= 0.6 is 0 Å². The molecule has 0 radical (unpaired) electrons. The van der Waals surface area contributed by atoms with Crippen LogP contribution in [0.25, 0.3) is 10.9 Å². The van der Waals surface area contributed by atoms with E-state index >= 15 is 0 Å². The van der Waals surface area contributed by atoms with Crippen LogP contribution in [0.4, 0.5) is 8.78 Å². The third-order valence-corrected chi connectivity index (χ3v) is 3.49. The van der Waals surface area contributed by atoms with Gasteiger partial charge in [-0.3, -0.25) is 9.59 Å². The SMILES string of the molecule is COCC1COc2c(F)c(F)cc3c(=O)c(C=O)cn1c23. The summed E-state index contributed by atoms with van der Waals surface area (Å²) in [6.07, 6.45) is 1.72. The third kappa shape index (κ3) is 1.92. The summed E-state index contributed by atoms with van der Waals surface area (Å²) < 4.78 is 39.3. The average Bonchev–Trinajstić information content (AvgIpc) is 2.48. The summed E-state index contributed by atoms with van der Waals surface area (Å²) in [5, 5.41) is -0.0886. The van der Waals surface area contributed by atoms with E-state index in [1.54, 1.807) is 0 Å². The van der Waals surface area contributed by atoms with Gasteiger partial charge in [0.2, 0.25) is 5.82 Å². The van der Waals surface area contributed by atoms with Crippen molar-refractivity contribution < 1.29 is 23.0 Å². The molecule has 1 unspecified atom stereocenters. The monoisotopic (exact) mass is 295 g/mol. The van der Waals surface area contributed by atoms with E-state index in [1.165, 1.54) is 17.9 Å². The first-order valence-corrected chi connectivity index (χ1v) is 6.22. The highest BCUT2D eigenvalue weighted by Crippen LogP contribution is 2.35. The minimum absolute atomic E-state index is 0.0531. The van der Waals surface area contributed by atoms with Gasteiger partial charge < -0.3 is 14.0 Å². The molecule has 0 bridgehead atoms. The topological polar surface area (TPSA) is 57.5 Å². The number of hydrogen-bond donors (Lipinski definition) is 0. The van der Waals surface area contributed by atoms with Crippen molar-refractivity contribution in [2.75, 3.05) is 20.3 Å². The lowest BCUT2D eigenvalue weighted by Gasteiger charge is -2.29. The van der Waals surface area contributed by atoms with E-state index in [0.29, 0.717) is 6.29 Å². The van der Waals surface area contributed by atoms with Crippen LogP contribution in [0.5, 0.6) is 5.75 Å². The number of nitrogens with zero attached hydrogens (tertiary/aromatic N) is 1. The Bertz CT molecular complexity index is 800. The zero-order valence-corrected chi connectivity index (χ0v) is 11.1. The highest BCUT2D eigenvalue weighted by Gasteiger charge is 2.28. The summed E-state index contributed by atoms with van der Waals surface area (Å²) >= 11 is 0. The molecule has 0 spiro atoms. The second-order valence-electron chi connectivity index (χ2n) is 4.76. The Kier molecular flexibility index (Phi) is 3.21. The first-order valence-electron chi connectivity index (χ1n) is 6.22. The number of halogens is 2. The van der Waals surface area contributed by atoms with Crippen LogP contribution in [-0.2, 0) is 4.74 Å². The van der Waals surface area contributed by atoms with E-state index in [0.717, 1.165) is 6.07 Å². The molecule has 1 aromatic carbocycles. The van der Waals surface area contributed by atoms with Crippen LogP contribution in [-0.4, -0.2) is 31.2 Å². The summed E-state index contributed by atoms with van der Waals surface area (Å²) in [6, 6.07) is 0.451. The Morgan fingerprint density at radius 2 is 2.29 bits per heavy atom. The molecule has 110 valence electrons. The molecule has 5 nitrogen and oxygen atoms in total. The highest BCUT2D eigenvalue weighted by molar-refractivity contribution is 5.90. The van der Waals surface area contributed by atoms with Gasteiger partial charge in [0, 0.05) is 13.3 Å². The minimum Gasteiger partial charge on any atom is -0.486 e. The van der Waals surface area contributed by atoms with Crippen LogP contribution in [0, 0.1) is 11.6 Å². The van der Waals surface area contributed by atoms with Crippen LogP contribution in [0.3, 0.4) is 0 Å². The highest BCUT2D eigenvalue weighted by atomic mass is 19.2. The van der Waals surface area contributed by atoms with Crippen LogP contribution in [0.1, 0.15) is 16.4 Å². The number of aldehydes is 1. The molecule has 7 heteroatoms. The lowest BCUT2D eigenvalue weighted by atomic mass is 10.1. The zero-order valence-electron chi connectivity index (χ0n) is 11.1. The molecule has 2 aromatic rings. The number of rotatable bonds is 3. The van der Waals surface area contributed by atoms with E-state index in [1.807, 2.05) is 0 Å². The molecular weight excluding hydrogens is 284 g/mol. The van der Waals surface area contributed by atoms with Crippen molar-refractivity contribution >= 4 is 17.2 Å². The fourth-order valence-electron chi connectivity index (χ4n) is 2.54. The summed E-state index contributed by atoms with van der Waals surface area (Å²) in [4.78, 5) is 23.1. The fraction of sp³-hybridized carbons (Fsp3) is 0.286. The van der Waals surface area contributed by atoms with Crippen molar-refractivity contribution in [3.8, 4) is 5.75 Å². The summed E-state index contributed by atoms with van der Waals surface area (Å²) in [6.45, 7) is 0.298. The second-order valence-corrected chi connectivity index (χ2v) is 4.76. The van der Waals surface area contributed by atoms with Gasteiger partial charge >= 0.3 is 0 Å². The molecule has 0 N–H and O–H groups in total. The number of benzene rings is 1. The molecule has 1 aliphatic heterocycles. The number of carbonyl (C=O) groups is 1. The number of aromatic nitrogens is 1. The number of pyridine rings is 1. The number of hydrogen-bond acceptors (Lipinski definition) is 4. The lowest BCUT2D eigenvalue weighted by Crippen LogP contribution is -2.29. The number of carbonyl (C=O) groups excluding carboxylic acids is 1.